The van der Waals surface area contributed by atoms with Crippen LogP contribution in [0.1, 0.15) is 6.92 Å². The van der Waals surface area contributed by atoms with Crippen LogP contribution in [0.5, 0.6) is 0 Å². The third-order valence-corrected chi connectivity index (χ3v) is 2.31. The lowest BCUT2D eigenvalue weighted by molar-refractivity contribution is -0.176. The van der Waals surface area contributed by atoms with Crippen LogP contribution in [0.2, 0.25) is 0 Å². The van der Waals surface area contributed by atoms with Gasteiger partial charge in [-0.25, -0.2) is 9.59 Å². The summed E-state index contributed by atoms with van der Waals surface area (Å²) in [6.07, 6.45) is 0. The Hall–Kier alpha value is -1.00. The molecule has 62 valence electrons. The van der Waals surface area contributed by atoms with E-state index in [9.17, 15) is 19.0 Å². The predicted molar refractivity (Wildman–Crippen MR) is 31.3 cm³/mol. The fraction of sp³-hybridized carbons (Fsp3) is 0.500. The highest BCUT2D eigenvalue weighted by Gasteiger charge is 2.54. The molecule has 0 aliphatic carbocycles. The van der Waals surface area contributed by atoms with Crippen LogP contribution in [0.4, 0.5) is 0 Å². The fourth-order valence-electron chi connectivity index (χ4n) is 0.248. The molecule has 0 bridgehead atoms. The molecule has 0 spiro atoms. The van der Waals surface area contributed by atoms with Crippen molar-refractivity contribution in [3.05, 3.63) is 0 Å². The molecule has 0 heterocycles. The molecule has 0 aromatic rings. The Kier molecular flexibility index (Phi) is 2.67. The van der Waals surface area contributed by atoms with Gasteiger partial charge in [0.25, 0.3) is 0 Å². The van der Waals surface area contributed by atoms with Gasteiger partial charge in [0.1, 0.15) is 0 Å². The summed E-state index contributed by atoms with van der Waals surface area (Å²) in [7, 11) is -3.52. The van der Waals surface area contributed by atoms with E-state index < -0.39 is 25.1 Å². The van der Waals surface area contributed by atoms with E-state index in [-0.39, 0.29) is 0 Å². The third kappa shape index (κ3) is 1.53. The van der Waals surface area contributed by atoms with Crippen molar-refractivity contribution in [3.8, 4) is 0 Å². The molecule has 1 unspecified atom stereocenters. The van der Waals surface area contributed by atoms with Crippen LogP contribution in [-0.2, 0) is 14.2 Å². The zero-order valence-electron chi connectivity index (χ0n) is 5.47. The maximum Gasteiger partial charge on any atom is 0.370 e. The minimum absolute atomic E-state index is 0.614. The van der Waals surface area contributed by atoms with Crippen LogP contribution < -0.4 is 4.89 Å². The van der Waals surface area contributed by atoms with Crippen molar-refractivity contribution < 1.29 is 29.3 Å². The first kappa shape index (κ1) is 10.0. The number of hydrogen-bond donors (Lipinski definition) is 2. The van der Waals surface area contributed by atoms with Gasteiger partial charge in [0.15, 0.2) is 0 Å². The second-order valence-corrected chi connectivity index (χ2v) is 3.35. The molecule has 0 aromatic heterocycles. The number of hydrogen-bond acceptors (Lipinski definition) is 4. The zero-order valence-corrected chi connectivity index (χ0v) is 6.37. The maximum atomic E-state index is 10.2. The molecule has 0 rings (SSSR count). The largest absolute Gasteiger partial charge is 0.594 e. The van der Waals surface area contributed by atoms with E-state index in [0.29, 0.717) is 6.92 Å². The summed E-state index contributed by atoms with van der Waals surface area (Å²) in [5.41, 5.74) is 0. The summed E-state index contributed by atoms with van der Waals surface area (Å²) < 4.78 is 10.2. The smallest absolute Gasteiger partial charge is 0.370 e. The van der Waals surface area contributed by atoms with Crippen molar-refractivity contribution in [3.63, 3.8) is 0 Å². The minimum atomic E-state index is -3.52. The van der Waals surface area contributed by atoms with Crippen molar-refractivity contribution in [2.24, 2.45) is 0 Å². The Morgan fingerprint density at radius 2 is 1.64 bits per heavy atom. The van der Waals surface area contributed by atoms with Crippen LogP contribution in [-0.4, -0.2) is 27.3 Å². The molecule has 11 heavy (non-hydrogen) atoms. The van der Waals surface area contributed by atoms with Crippen molar-refractivity contribution in [1.82, 2.24) is 0 Å². The first-order valence-corrected chi connectivity index (χ1v) is 3.62. The lowest BCUT2D eigenvalue weighted by atomic mass is 10.2. The quantitative estimate of drug-likeness (QED) is 0.425. The van der Waals surface area contributed by atoms with Gasteiger partial charge < -0.3 is 15.1 Å². The standard InChI is InChI=1S/C4H5O6P/c1-4(2(5)6,3(7)8)11(9)10/h1H3,(H,5,6)(H,7,8). The van der Waals surface area contributed by atoms with Crippen LogP contribution in [0, 0.1) is 0 Å². The fourth-order valence-corrected chi connectivity index (χ4v) is 0.560. The van der Waals surface area contributed by atoms with E-state index in [4.69, 9.17) is 10.2 Å². The van der Waals surface area contributed by atoms with Crippen molar-refractivity contribution in [2.75, 3.05) is 0 Å². The van der Waals surface area contributed by atoms with E-state index in [0.717, 1.165) is 0 Å². The number of carboxylic acid groups (broad SMARTS) is 2. The van der Waals surface area contributed by atoms with Crippen molar-refractivity contribution in [1.29, 1.82) is 0 Å². The molecule has 0 saturated heterocycles. The van der Waals surface area contributed by atoms with Gasteiger partial charge in [0, 0.05) is 6.92 Å². The van der Waals surface area contributed by atoms with E-state index in [1.807, 2.05) is 0 Å². The highest BCUT2D eigenvalue weighted by atomic mass is 31.1. The third-order valence-electron chi connectivity index (χ3n) is 1.20. The Labute approximate surface area is 62.3 Å². The summed E-state index contributed by atoms with van der Waals surface area (Å²) in [5.74, 6) is -3.78. The first-order chi connectivity index (χ1) is 4.83. The Morgan fingerprint density at radius 1 is 1.36 bits per heavy atom. The normalized spacial score (nSPS) is 12.4. The summed E-state index contributed by atoms with van der Waals surface area (Å²) in [4.78, 5) is 30.5. The summed E-state index contributed by atoms with van der Waals surface area (Å²) >= 11 is 0. The Morgan fingerprint density at radius 3 is 1.64 bits per heavy atom. The molecule has 1 atom stereocenters. The van der Waals surface area contributed by atoms with Crippen LogP contribution in [0.25, 0.3) is 0 Å². The average Bonchev–Trinajstić information content (AvgIpc) is 1.84. The van der Waals surface area contributed by atoms with Gasteiger partial charge in [0.2, 0.25) is 0 Å². The number of carbonyl (C=O) groups is 2. The molecule has 0 amide bonds. The Balaban J connectivity index is 4.99. The molecule has 0 aliphatic rings. The molecule has 0 fully saturated rings. The van der Waals surface area contributed by atoms with Crippen LogP contribution in [0.15, 0.2) is 0 Å². The van der Waals surface area contributed by atoms with E-state index in [2.05, 4.69) is 0 Å². The second kappa shape index (κ2) is 2.94. The van der Waals surface area contributed by atoms with Gasteiger partial charge in [-0.1, -0.05) is 4.57 Å². The average molecular weight is 180 g/mol. The zero-order chi connectivity index (χ0) is 9.23. The van der Waals surface area contributed by atoms with Crippen molar-refractivity contribution >= 4 is 20.0 Å². The number of carboxylic acids is 2. The molecule has 6 nitrogen and oxygen atoms in total. The lowest BCUT2D eigenvalue weighted by Crippen LogP contribution is -2.42. The van der Waals surface area contributed by atoms with Crippen LogP contribution >= 0.6 is 8.03 Å². The van der Waals surface area contributed by atoms with Gasteiger partial charge in [0.05, 0.1) is 0 Å². The SMILES string of the molecule is CC(C(=O)O)(C(=O)O)[P+](=O)[O-]. The predicted octanol–water partition coefficient (Wildman–Crippen LogP) is -0.983. The summed E-state index contributed by atoms with van der Waals surface area (Å²) in [5, 5.41) is 13.7. The van der Waals surface area contributed by atoms with Gasteiger partial charge >= 0.3 is 25.1 Å². The van der Waals surface area contributed by atoms with Gasteiger partial charge in [-0.05, 0) is 0 Å². The van der Waals surface area contributed by atoms with E-state index >= 15 is 0 Å². The Bertz CT molecular complexity index is 185. The first-order valence-electron chi connectivity index (χ1n) is 2.44. The van der Waals surface area contributed by atoms with Gasteiger partial charge in [-0.3, -0.25) is 0 Å². The van der Waals surface area contributed by atoms with Gasteiger partial charge in [-0.2, -0.15) is 0 Å². The monoisotopic (exact) mass is 180 g/mol. The summed E-state index contributed by atoms with van der Waals surface area (Å²) in [6, 6.07) is 0. The topological polar surface area (TPSA) is 115 Å². The highest BCUT2D eigenvalue weighted by Crippen LogP contribution is 2.31. The minimum Gasteiger partial charge on any atom is -0.594 e. The van der Waals surface area contributed by atoms with Crippen LogP contribution in [0.3, 0.4) is 0 Å². The molecule has 7 heteroatoms. The molecular formula is C4H5O6P. The lowest BCUT2D eigenvalue weighted by Gasteiger charge is -2.08. The molecule has 0 aromatic carbocycles. The maximum absolute atomic E-state index is 10.2. The van der Waals surface area contributed by atoms with E-state index in [1.54, 1.807) is 0 Å². The number of rotatable bonds is 3. The molecule has 0 aliphatic heterocycles. The molecule has 0 saturated carbocycles. The van der Waals surface area contributed by atoms with Gasteiger partial charge in [-0.15, -0.1) is 0 Å². The van der Waals surface area contributed by atoms with E-state index in [1.165, 1.54) is 0 Å². The number of aliphatic carboxylic acids is 2. The summed E-state index contributed by atoms with van der Waals surface area (Å²) in [6.45, 7) is 0.614. The second-order valence-electron chi connectivity index (χ2n) is 1.94. The molecule has 0 radical (unpaired) electrons. The van der Waals surface area contributed by atoms with Crippen molar-refractivity contribution in [2.45, 2.75) is 12.1 Å². The molecular weight excluding hydrogens is 175 g/mol. The molecule has 2 N–H and O–H groups in total. The highest BCUT2D eigenvalue weighted by molar-refractivity contribution is 7.41.